The third-order valence-electron chi connectivity index (χ3n) is 31.5. The van der Waals surface area contributed by atoms with E-state index >= 15 is 0 Å². The highest BCUT2D eigenvalue weighted by Crippen LogP contribution is 2.58. The van der Waals surface area contributed by atoms with E-state index < -0.39 is 40.4 Å². The molecule has 0 aromatic carbocycles. The monoisotopic (exact) mass is 1860 g/mol. The van der Waals surface area contributed by atoms with Crippen molar-refractivity contribution in [2.45, 2.75) is 477 Å². The number of unbranched alkanes of at least 4 members (excludes halogenated alkanes) is 1. The second-order valence-electron chi connectivity index (χ2n) is 43.1. The number of Topliss-reactive ketones (excluding diaryl/α,β-unsaturated/α-hetero) is 2. The Morgan fingerprint density at radius 2 is 0.876 bits per heavy atom. The Morgan fingerprint density at radius 1 is 0.504 bits per heavy atom. The minimum absolute atomic E-state index is 0. The van der Waals surface area contributed by atoms with E-state index in [0.717, 1.165) is 110 Å². The average molecular weight is 1870 g/mol. The highest BCUT2D eigenvalue weighted by atomic mass is 79.9. The van der Waals surface area contributed by atoms with E-state index in [-0.39, 0.29) is 206 Å². The first-order valence-corrected chi connectivity index (χ1v) is 54.5. The first-order valence-electron chi connectivity index (χ1n) is 47.1. The van der Waals surface area contributed by atoms with Crippen molar-refractivity contribution in [3.05, 3.63) is 46.4 Å². The van der Waals surface area contributed by atoms with E-state index in [1.54, 1.807) is 0 Å². The molecule has 121 heavy (non-hydrogen) atoms. The topological polar surface area (TPSA) is 243 Å². The number of hydrogen-bond donors (Lipinski definition) is 3. The molecule has 16 fully saturated rings. The quantitative estimate of drug-likeness (QED) is 0.0384. The molecule has 21 nitrogen and oxygen atoms in total. The van der Waals surface area contributed by atoms with E-state index in [1.807, 2.05) is 0 Å². The molecule has 0 saturated carbocycles. The summed E-state index contributed by atoms with van der Waals surface area (Å²) in [4.78, 5) is 28.6. The Bertz CT molecular complexity index is 3260. The van der Waals surface area contributed by atoms with Crippen LogP contribution in [-0.2, 0) is 84.8 Å². The zero-order valence-corrected chi connectivity index (χ0v) is 81.3. The number of aliphatic hydroxyl groups is 3. The van der Waals surface area contributed by atoms with Crippen LogP contribution in [-0.4, -0.2) is 234 Å². The summed E-state index contributed by atoms with van der Waals surface area (Å²) in [7, 11) is -3.77. The maximum Gasteiger partial charge on any atom is 0.191 e. The number of rotatable bonds is 38. The van der Waals surface area contributed by atoms with Gasteiger partial charge >= 0.3 is 0 Å². The molecule has 16 rings (SSSR count). The Kier molecular flexibility index (Phi) is 33.5. The first-order chi connectivity index (χ1) is 56.5. The van der Waals surface area contributed by atoms with E-state index in [4.69, 9.17) is 75.2 Å². The number of ketones is 2. The summed E-state index contributed by atoms with van der Waals surface area (Å²) in [5.74, 6) is 0.530. The van der Waals surface area contributed by atoms with Crippen LogP contribution in [0, 0.1) is 47.3 Å². The van der Waals surface area contributed by atoms with E-state index in [0.29, 0.717) is 120 Å². The van der Waals surface area contributed by atoms with Gasteiger partial charge in [-0.1, -0.05) is 168 Å². The van der Waals surface area contributed by atoms with Crippen LogP contribution in [0.4, 0.5) is 0 Å². The summed E-state index contributed by atoms with van der Waals surface area (Å²) in [6, 6.07) is 0. The summed E-state index contributed by atoms with van der Waals surface area (Å²) < 4.78 is 110. The summed E-state index contributed by atoms with van der Waals surface area (Å²) >= 11 is 6.76. The molecular formula is C96H160Br2O21Si2. The molecule has 36 atom stereocenters. The van der Waals surface area contributed by atoms with Crippen molar-refractivity contribution >= 4 is 60.1 Å². The fourth-order valence-corrected chi connectivity index (χ4v) is 25.2. The van der Waals surface area contributed by atoms with Crippen molar-refractivity contribution < 1.29 is 100 Å². The minimum Gasteiger partial charge on any atom is -0.417 e. The third kappa shape index (κ3) is 23.2. The molecule has 0 amide bonds. The number of hydrogen-bond acceptors (Lipinski definition) is 21. The SMILES string of the molecule is C.C=C(Br)C[C@H](O)CC[C@@]12C[C@H]3O[C@H]4C(O1)[C@H]1O[C@@H](CC(=O)C[C@H]5C(C[C@H]6O[C@@H](CCCC)C[C@@H](C)C6=C)O[C@H](C[C@H](C)CO[Si](C)(C)C(C)(C)C)[C@@H]5C)CC[C@@H]1O[C@H]4[C@H]3O2.C=C(Br)C[C@H](O)CC[C@@]12C[C@H]3O[C@H]4C(O1)[C@H]1O[C@@H](CC(=O)C[C@H]5C(C[C@H]6O[C@@H](CCCO)C[C@@H](C)C6=C)O[C@H](C[C@H](C)CO[Si](C)(C)C(C)(C)C)[C@@H]5C)CC[C@@H]1O[C@H]4[C@H]3O2. The van der Waals surface area contributed by atoms with Gasteiger partial charge in [0.1, 0.15) is 72.6 Å². The second-order valence-corrected chi connectivity index (χ2v) is 55.0. The summed E-state index contributed by atoms with van der Waals surface area (Å²) in [6.45, 7) is 57.2. The maximum atomic E-state index is 14.3. The van der Waals surface area contributed by atoms with Crippen molar-refractivity contribution in [2.75, 3.05) is 19.8 Å². The molecule has 0 aromatic heterocycles. The largest absolute Gasteiger partial charge is 0.417 e. The van der Waals surface area contributed by atoms with Crippen molar-refractivity contribution in [3.8, 4) is 0 Å². The molecule has 25 heteroatoms. The molecule has 0 radical (unpaired) electrons. The molecule has 0 aliphatic carbocycles. The normalized spacial score (nSPS) is 41.9. The number of ether oxygens (including phenoxy) is 14. The zero-order chi connectivity index (χ0) is 86.6. The van der Waals surface area contributed by atoms with Crippen molar-refractivity contribution in [1.29, 1.82) is 0 Å². The van der Waals surface area contributed by atoms with Gasteiger partial charge < -0.3 is 90.5 Å². The van der Waals surface area contributed by atoms with Gasteiger partial charge in [-0.15, -0.1) is 0 Å². The Labute approximate surface area is 746 Å². The predicted octanol–water partition coefficient (Wildman–Crippen LogP) is 18.7. The minimum atomic E-state index is -1.90. The first kappa shape index (κ1) is 99.0. The van der Waals surface area contributed by atoms with Gasteiger partial charge in [-0.2, -0.15) is 0 Å². The summed E-state index contributed by atoms with van der Waals surface area (Å²) in [5.41, 5.74) is 2.26. The maximum absolute atomic E-state index is 14.3. The zero-order valence-electron chi connectivity index (χ0n) is 76.1. The lowest BCUT2D eigenvalue weighted by molar-refractivity contribution is -0.292. The molecule has 16 saturated heterocycles. The van der Waals surface area contributed by atoms with E-state index in [9.17, 15) is 24.9 Å². The third-order valence-corrected chi connectivity index (χ3v) is 41.2. The van der Waals surface area contributed by atoms with Crippen molar-refractivity contribution in [2.24, 2.45) is 47.3 Å². The molecule has 12 bridgehead atoms. The molecule has 4 unspecified atom stereocenters. The van der Waals surface area contributed by atoms with Crippen molar-refractivity contribution in [3.63, 3.8) is 0 Å². The van der Waals surface area contributed by atoms with Crippen LogP contribution in [0.3, 0.4) is 0 Å². The van der Waals surface area contributed by atoms with Gasteiger partial charge in [-0.3, -0.25) is 9.59 Å². The van der Waals surface area contributed by atoms with Gasteiger partial charge in [0, 0.05) is 96.9 Å². The molecule has 3 N–H and O–H groups in total. The van der Waals surface area contributed by atoms with Crippen LogP contribution in [0.5, 0.6) is 0 Å². The summed E-state index contributed by atoms with van der Waals surface area (Å²) in [6.07, 6.45) is 13.8. The number of halogens is 2. The Hall–Kier alpha value is -1.07. The van der Waals surface area contributed by atoms with E-state index in [2.05, 4.69) is 174 Å². The number of fused-ring (bicyclic) bond motifs is 2. The van der Waals surface area contributed by atoms with E-state index in [1.165, 1.54) is 0 Å². The van der Waals surface area contributed by atoms with Gasteiger partial charge in [-0.25, -0.2) is 0 Å². The smallest absolute Gasteiger partial charge is 0.191 e. The van der Waals surface area contributed by atoms with Gasteiger partial charge in [0.25, 0.3) is 0 Å². The van der Waals surface area contributed by atoms with Crippen LogP contribution in [0.2, 0.25) is 36.3 Å². The Balaban J connectivity index is 0.000000220. The van der Waals surface area contributed by atoms with Gasteiger partial charge in [0.05, 0.1) is 97.7 Å². The van der Waals surface area contributed by atoms with Gasteiger partial charge in [-0.05, 0) is 187 Å². The predicted molar refractivity (Wildman–Crippen MR) is 480 cm³/mol. The molecular weight excluding hydrogens is 1710 g/mol. The van der Waals surface area contributed by atoms with Gasteiger partial charge in [0.15, 0.2) is 28.2 Å². The van der Waals surface area contributed by atoms with Gasteiger partial charge in [0.2, 0.25) is 0 Å². The lowest BCUT2D eigenvalue weighted by Crippen LogP contribution is -2.61. The van der Waals surface area contributed by atoms with Crippen LogP contribution in [0.25, 0.3) is 0 Å². The molecule has 16 heterocycles. The van der Waals surface area contributed by atoms with Crippen LogP contribution in [0.1, 0.15) is 271 Å². The Morgan fingerprint density at radius 3 is 1.25 bits per heavy atom. The fourth-order valence-electron chi connectivity index (χ4n) is 22.2. The second kappa shape index (κ2) is 41.0. The average Bonchev–Trinajstić information content (AvgIpc) is 1.55. The molecule has 692 valence electrons. The molecule has 16 aliphatic heterocycles. The highest BCUT2D eigenvalue weighted by molar-refractivity contribution is 9.12. The number of carbonyl (C=O) groups excluding carboxylic acids is 2. The number of carbonyl (C=O) groups is 2. The lowest BCUT2D eigenvalue weighted by atomic mass is 9.78. The van der Waals surface area contributed by atoms with Crippen LogP contribution >= 0.6 is 31.9 Å². The fraction of sp³-hybridized carbons (Fsp3) is 0.896. The van der Waals surface area contributed by atoms with Crippen LogP contribution in [0.15, 0.2) is 46.4 Å². The number of aliphatic hydroxyl groups excluding tert-OH is 3. The molecule has 16 aliphatic rings. The standard InChI is InChI=1S/C48H79BrO10Si.C47H77BrO11Si.CH4/c1-12-13-14-34-20-28(3)30(5)39(53-34)24-40-36(31(6)38(55-40)19-27(2)26-52-60(10,11)47(7,8)9)23-33(51)22-35-15-16-37-42(54-35)46-45-44(56-37)43-41(57-45)25-48(58-43,59-46)18-17-32(50)21-29(4)49;1-26(25-52-60(9,10)46(6,7)8)18-37-30(5)35(39(55-37)23-38-29(4)27(2)19-33(53-38)12-11-17-49)22-32(51)21-34-13-14-36-41(54-34)45-44-43(56-36)42-40(57-44)24-47(58-42,59-45)16-15-31(50)20-28(3)48;/h27-28,31-32,34-46,50H,4-5,12-26H2,1-3,6-11H3;26-27,30-31,33-45,49-50H,3-4,11-25H2,1-2,5-10H3;1H4/t27-,28+,31+,32+,34-,35+,36+,37-,38+,39+,40?,41+,42-,43-,44-,45+,46?,48-;26-,27+,30+,31+,33-,34+,35+,36-,37+,38+,39?,40+,41-,42-,43-,44+,45?,47-;/m00./s1. The van der Waals surface area contributed by atoms with Crippen LogP contribution < -0.4 is 0 Å². The summed E-state index contributed by atoms with van der Waals surface area (Å²) in [5, 5.41) is 31.2. The van der Waals surface area contributed by atoms with Crippen molar-refractivity contribution in [1.82, 2.24) is 0 Å². The molecule has 0 aromatic rings. The molecule has 0 spiro atoms. The lowest BCUT2D eigenvalue weighted by Gasteiger charge is -2.47. The highest BCUT2D eigenvalue weighted by Gasteiger charge is 2.71.